The molecule has 2 rings (SSSR count). The minimum atomic E-state index is 0.544. The van der Waals surface area contributed by atoms with Gasteiger partial charge >= 0.3 is 0 Å². The topological polar surface area (TPSA) is 53.6 Å². The van der Waals surface area contributed by atoms with E-state index in [1.807, 2.05) is 0 Å². The molecule has 1 aliphatic rings. The van der Waals surface area contributed by atoms with Crippen LogP contribution in [0.3, 0.4) is 0 Å². The Bertz CT molecular complexity index is 294. The van der Waals surface area contributed by atoms with Crippen LogP contribution in [0.4, 0.5) is 0 Å². The number of H-pyrrole nitrogens is 1. The van der Waals surface area contributed by atoms with E-state index < -0.39 is 0 Å². The zero-order chi connectivity index (χ0) is 9.97. The smallest absolute Gasteiger partial charge is 0.153 e. The predicted octanol–water partition coefficient (Wildman–Crippen LogP) is 1.22. The minimum absolute atomic E-state index is 0.544. The summed E-state index contributed by atoms with van der Waals surface area (Å²) < 4.78 is 0. The summed E-state index contributed by atoms with van der Waals surface area (Å²) in [5, 5.41) is 10.7. The third-order valence-corrected chi connectivity index (χ3v) is 2.87. The first-order valence-electron chi connectivity index (χ1n) is 5.44. The van der Waals surface area contributed by atoms with E-state index >= 15 is 0 Å². The molecule has 0 aliphatic carbocycles. The van der Waals surface area contributed by atoms with Crippen LogP contribution in [0.1, 0.15) is 44.3 Å². The van der Waals surface area contributed by atoms with E-state index in [-0.39, 0.29) is 0 Å². The van der Waals surface area contributed by atoms with Crippen molar-refractivity contribution >= 4 is 0 Å². The Morgan fingerprint density at radius 2 is 2.36 bits per heavy atom. The van der Waals surface area contributed by atoms with Crippen molar-refractivity contribution < 1.29 is 0 Å². The highest BCUT2D eigenvalue weighted by Crippen LogP contribution is 2.24. The van der Waals surface area contributed by atoms with E-state index in [9.17, 15) is 0 Å². The monoisotopic (exact) mass is 194 g/mol. The molecule has 78 valence electrons. The van der Waals surface area contributed by atoms with Gasteiger partial charge in [0.15, 0.2) is 5.82 Å². The Morgan fingerprint density at radius 1 is 1.50 bits per heavy atom. The number of hydrogen-bond acceptors (Lipinski definition) is 3. The Kier molecular flexibility index (Phi) is 2.82. The van der Waals surface area contributed by atoms with Gasteiger partial charge in [0.05, 0.1) is 0 Å². The molecule has 14 heavy (non-hydrogen) atoms. The number of aromatic nitrogens is 3. The Labute approximate surface area is 84.5 Å². The van der Waals surface area contributed by atoms with E-state index in [1.165, 1.54) is 0 Å². The average molecular weight is 194 g/mol. The molecule has 0 spiro atoms. The SMILES string of the molecule is CCc1nc(C2CCNC(C)C2)n[nH]1. The third kappa shape index (κ3) is 1.95. The average Bonchev–Trinajstić information content (AvgIpc) is 2.66. The van der Waals surface area contributed by atoms with Crippen molar-refractivity contribution in [1.29, 1.82) is 0 Å². The number of aryl methyl sites for hydroxylation is 1. The molecule has 0 amide bonds. The van der Waals surface area contributed by atoms with Crippen LogP contribution in [0.2, 0.25) is 0 Å². The lowest BCUT2D eigenvalue weighted by Crippen LogP contribution is -2.35. The molecule has 0 radical (unpaired) electrons. The van der Waals surface area contributed by atoms with E-state index in [1.54, 1.807) is 0 Å². The minimum Gasteiger partial charge on any atom is -0.314 e. The van der Waals surface area contributed by atoms with Crippen molar-refractivity contribution in [3.63, 3.8) is 0 Å². The largest absolute Gasteiger partial charge is 0.314 e. The van der Waals surface area contributed by atoms with Crippen molar-refractivity contribution in [2.45, 2.75) is 45.1 Å². The molecular weight excluding hydrogens is 176 g/mol. The van der Waals surface area contributed by atoms with Gasteiger partial charge in [-0.25, -0.2) is 4.98 Å². The number of aromatic amines is 1. The molecule has 4 nitrogen and oxygen atoms in total. The summed E-state index contributed by atoms with van der Waals surface area (Å²) in [6, 6.07) is 0.595. The first-order valence-corrected chi connectivity index (χ1v) is 5.44. The molecule has 2 N–H and O–H groups in total. The molecule has 0 saturated carbocycles. The lowest BCUT2D eigenvalue weighted by Gasteiger charge is -2.25. The zero-order valence-electron chi connectivity index (χ0n) is 8.88. The molecular formula is C10H18N4. The highest BCUT2D eigenvalue weighted by atomic mass is 15.2. The summed E-state index contributed by atoms with van der Waals surface area (Å²) in [5.74, 6) is 2.56. The number of nitrogens with one attached hydrogen (secondary N) is 2. The highest BCUT2D eigenvalue weighted by molar-refractivity contribution is 5.00. The van der Waals surface area contributed by atoms with Gasteiger partial charge in [-0.1, -0.05) is 6.92 Å². The third-order valence-electron chi connectivity index (χ3n) is 2.87. The Balaban J connectivity index is 2.06. The van der Waals surface area contributed by atoms with Crippen LogP contribution >= 0.6 is 0 Å². The molecule has 2 heterocycles. The lowest BCUT2D eigenvalue weighted by atomic mass is 9.93. The second-order valence-electron chi connectivity index (χ2n) is 4.07. The van der Waals surface area contributed by atoms with Crippen LogP contribution < -0.4 is 5.32 Å². The van der Waals surface area contributed by atoms with Gasteiger partial charge in [-0.15, -0.1) is 0 Å². The van der Waals surface area contributed by atoms with Crippen LogP contribution in [-0.4, -0.2) is 27.8 Å². The van der Waals surface area contributed by atoms with Gasteiger partial charge in [0.2, 0.25) is 0 Å². The Morgan fingerprint density at radius 3 is 3.00 bits per heavy atom. The maximum absolute atomic E-state index is 4.49. The highest BCUT2D eigenvalue weighted by Gasteiger charge is 2.22. The van der Waals surface area contributed by atoms with Gasteiger partial charge in [0.25, 0.3) is 0 Å². The summed E-state index contributed by atoms with van der Waals surface area (Å²) in [6.07, 6.45) is 3.25. The van der Waals surface area contributed by atoms with E-state index in [0.29, 0.717) is 12.0 Å². The van der Waals surface area contributed by atoms with Crippen LogP contribution in [0.5, 0.6) is 0 Å². The fourth-order valence-corrected chi connectivity index (χ4v) is 2.02. The van der Waals surface area contributed by atoms with Crippen molar-refractivity contribution in [2.75, 3.05) is 6.54 Å². The molecule has 2 atom stereocenters. The fourth-order valence-electron chi connectivity index (χ4n) is 2.02. The van der Waals surface area contributed by atoms with Crippen LogP contribution in [0.25, 0.3) is 0 Å². The molecule has 0 aromatic carbocycles. The molecule has 1 aliphatic heterocycles. The van der Waals surface area contributed by atoms with Crippen molar-refractivity contribution in [3.05, 3.63) is 11.6 Å². The summed E-state index contributed by atoms with van der Waals surface area (Å²) in [7, 11) is 0. The normalized spacial score (nSPS) is 27.9. The first-order chi connectivity index (χ1) is 6.79. The van der Waals surface area contributed by atoms with Gasteiger partial charge in [-0.2, -0.15) is 5.10 Å². The van der Waals surface area contributed by atoms with E-state index in [2.05, 4.69) is 34.3 Å². The summed E-state index contributed by atoms with van der Waals surface area (Å²) >= 11 is 0. The first kappa shape index (κ1) is 9.65. The maximum Gasteiger partial charge on any atom is 0.153 e. The standard InChI is InChI=1S/C10H18N4/c1-3-9-12-10(14-13-9)8-4-5-11-7(2)6-8/h7-8,11H,3-6H2,1-2H3,(H,12,13,14). The fraction of sp³-hybridized carbons (Fsp3) is 0.800. The lowest BCUT2D eigenvalue weighted by molar-refractivity contribution is 0.371. The zero-order valence-corrected chi connectivity index (χ0v) is 8.88. The van der Waals surface area contributed by atoms with E-state index in [0.717, 1.165) is 37.5 Å². The van der Waals surface area contributed by atoms with E-state index in [4.69, 9.17) is 0 Å². The second-order valence-corrected chi connectivity index (χ2v) is 4.07. The van der Waals surface area contributed by atoms with Crippen LogP contribution in [0.15, 0.2) is 0 Å². The summed E-state index contributed by atoms with van der Waals surface area (Å²) in [4.78, 5) is 4.49. The van der Waals surface area contributed by atoms with Crippen molar-refractivity contribution in [2.24, 2.45) is 0 Å². The molecule has 2 unspecified atom stereocenters. The predicted molar refractivity (Wildman–Crippen MR) is 55.2 cm³/mol. The quantitative estimate of drug-likeness (QED) is 0.744. The van der Waals surface area contributed by atoms with Gasteiger partial charge in [-0.05, 0) is 26.3 Å². The van der Waals surface area contributed by atoms with Gasteiger partial charge in [-0.3, -0.25) is 5.10 Å². The number of hydrogen-bond donors (Lipinski definition) is 2. The number of piperidine rings is 1. The molecule has 1 aromatic heterocycles. The molecule has 4 heteroatoms. The van der Waals surface area contributed by atoms with Crippen LogP contribution in [-0.2, 0) is 6.42 Å². The van der Waals surface area contributed by atoms with Crippen molar-refractivity contribution in [1.82, 2.24) is 20.5 Å². The van der Waals surface area contributed by atoms with Gasteiger partial charge < -0.3 is 5.32 Å². The summed E-state index contributed by atoms with van der Waals surface area (Å²) in [6.45, 7) is 5.40. The molecule has 1 fully saturated rings. The van der Waals surface area contributed by atoms with Crippen LogP contribution in [0, 0.1) is 0 Å². The second kappa shape index (κ2) is 4.09. The van der Waals surface area contributed by atoms with Crippen molar-refractivity contribution in [3.8, 4) is 0 Å². The molecule has 1 aromatic rings. The Hall–Kier alpha value is -0.900. The number of rotatable bonds is 2. The summed E-state index contributed by atoms with van der Waals surface area (Å²) in [5.41, 5.74) is 0. The van der Waals surface area contributed by atoms with Gasteiger partial charge in [0.1, 0.15) is 5.82 Å². The molecule has 0 bridgehead atoms. The maximum atomic E-state index is 4.49. The molecule has 1 saturated heterocycles. The number of nitrogens with zero attached hydrogens (tertiary/aromatic N) is 2. The van der Waals surface area contributed by atoms with Gasteiger partial charge in [0, 0.05) is 18.4 Å².